The average molecular weight is 423 g/mol. The summed E-state index contributed by atoms with van der Waals surface area (Å²) in [7, 11) is -1.04. The van der Waals surface area contributed by atoms with Crippen molar-refractivity contribution in [1.29, 1.82) is 0 Å². The number of amides is 1. The number of nitrogens with zero attached hydrogens (tertiary/aromatic N) is 3. The van der Waals surface area contributed by atoms with Crippen LogP contribution < -0.4 is 5.32 Å². The van der Waals surface area contributed by atoms with Gasteiger partial charge in [-0.05, 0) is 31.7 Å². The Balaban J connectivity index is 1.53. The third-order valence-corrected chi connectivity index (χ3v) is 7.93. The number of hydrogen-bond donors (Lipinski definition) is 1. The molecule has 1 aromatic heterocycles. The van der Waals surface area contributed by atoms with Crippen molar-refractivity contribution in [1.82, 2.24) is 20.1 Å². The van der Waals surface area contributed by atoms with Gasteiger partial charge in [0, 0.05) is 20.0 Å². The monoisotopic (exact) mass is 422 g/mol. The molecule has 2 aromatic rings. The van der Waals surface area contributed by atoms with E-state index in [9.17, 15) is 13.2 Å². The van der Waals surface area contributed by atoms with Gasteiger partial charge in [0.2, 0.25) is 5.91 Å². The van der Waals surface area contributed by atoms with Crippen LogP contribution in [-0.2, 0) is 34.6 Å². The van der Waals surface area contributed by atoms with Crippen molar-refractivity contribution in [3.05, 3.63) is 41.2 Å². The van der Waals surface area contributed by atoms with E-state index < -0.39 is 9.84 Å². The van der Waals surface area contributed by atoms with E-state index in [-0.39, 0.29) is 28.6 Å². The van der Waals surface area contributed by atoms with Crippen molar-refractivity contribution >= 4 is 27.5 Å². The highest BCUT2D eigenvalue weighted by atomic mass is 32.2. The summed E-state index contributed by atoms with van der Waals surface area (Å²) >= 11 is 1.35. The van der Waals surface area contributed by atoms with E-state index in [2.05, 4.69) is 15.5 Å². The van der Waals surface area contributed by atoms with Gasteiger partial charge in [-0.15, -0.1) is 10.2 Å². The Morgan fingerprint density at radius 2 is 2.04 bits per heavy atom. The molecule has 28 heavy (non-hydrogen) atoms. The molecule has 3 rings (SSSR count). The lowest BCUT2D eigenvalue weighted by Crippen LogP contribution is -2.30. The minimum atomic E-state index is -2.90. The first kappa shape index (κ1) is 20.9. The Labute approximate surface area is 170 Å². The maximum absolute atomic E-state index is 12.4. The van der Waals surface area contributed by atoms with Crippen LogP contribution in [0.25, 0.3) is 0 Å². The topological polar surface area (TPSA) is 94.0 Å². The van der Waals surface area contributed by atoms with Crippen molar-refractivity contribution in [2.24, 2.45) is 13.0 Å². The maximum Gasteiger partial charge on any atom is 0.233 e. The number of rotatable bonds is 7. The fourth-order valence-electron chi connectivity index (χ4n) is 3.17. The lowest BCUT2D eigenvalue weighted by molar-refractivity contribution is -0.120. The zero-order valence-corrected chi connectivity index (χ0v) is 18.0. The van der Waals surface area contributed by atoms with Crippen LogP contribution in [0, 0.1) is 12.8 Å². The fraction of sp³-hybridized carbons (Fsp3) is 0.526. The molecule has 9 heteroatoms. The van der Waals surface area contributed by atoms with Gasteiger partial charge >= 0.3 is 0 Å². The highest BCUT2D eigenvalue weighted by Crippen LogP contribution is 2.25. The SMILES string of the molecule is Cc1ccc(CNC(=O)[C@@H](C)Sc2nnc(C[C@H]3CCS(=O)(=O)C3)n2C)cc1. The number of thioether (sulfide) groups is 1. The van der Waals surface area contributed by atoms with E-state index in [4.69, 9.17) is 0 Å². The molecule has 0 spiro atoms. The lowest BCUT2D eigenvalue weighted by atomic mass is 10.1. The Hall–Kier alpha value is -1.87. The summed E-state index contributed by atoms with van der Waals surface area (Å²) in [5, 5.41) is 11.7. The van der Waals surface area contributed by atoms with Crippen LogP contribution in [0.1, 0.15) is 30.3 Å². The fourth-order valence-corrected chi connectivity index (χ4v) is 5.89. The van der Waals surface area contributed by atoms with Gasteiger partial charge in [0.25, 0.3) is 0 Å². The Bertz CT molecular complexity index is 939. The first-order valence-electron chi connectivity index (χ1n) is 9.32. The minimum Gasteiger partial charge on any atom is -0.351 e. The molecule has 1 aliphatic rings. The zero-order chi connectivity index (χ0) is 20.3. The molecule has 1 fully saturated rings. The molecule has 0 bridgehead atoms. The molecule has 2 atom stereocenters. The van der Waals surface area contributed by atoms with E-state index in [0.29, 0.717) is 24.5 Å². The number of aromatic nitrogens is 3. The summed E-state index contributed by atoms with van der Waals surface area (Å²) in [6.07, 6.45) is 1.27. The molecule has 0 radical (unpaired) electrons. The summed E-state index contributed by atoms with van der Waals surface area (Å²) in [5.41, 5.74) is 2.25. The second kappa shape index (κ2) is 8.65. The van der Waals surface area contributed by atoms with Crippen LogP contribution in [0.15, 0.2) is 29.4 Å². The number of benzene rings is 1. The third-order valence-electron chi connectivity index (χ3n) is 4.96. The van der Waals surface area contributed by atoms with Crippen LogP contribution >= 0.6 is 11.8 Å². The largest absolute Gasteiger partial charge is 0.351 e. The molecule has 1 aromatic carbocycles. The van der Waals surface area contributed by atoms with Crippen LogP contribution in [0.2, 0.25) is 0 Å². The number of carbonyl (C=O) groups excluding carboxylic acids is 1. The molecule has 1 saturated heterocycles. The molecule has 0 saturated carbocycles. The van der Waals surface area contributed by atoms with Gasteiger partial charge in [0.1, 0.15) is 5.82 Å². The zero-order valence-electron chi connectivity index (χ0n) is 16.4. The highest BCUT2D eigenvalue weighted by molar-refractivity contribution is 8.00. The van der Waals surface area contributed by atoms with E-state index in [0.717, 1.165) is 11.4 Å². The summed E-state index contributed by atoms with van der Waals surface area (Å²) in [4.78, 5) is 12.4. The molecular weight excluding hydrogens is 396 g/mol. The number of nitrogens with one attached hydrogen (secondary N) is 1. The maximum atomic E-state index is 12.4. The van der Waals surface area contributed by atoms with Crippen molar-refractivity contribution in [2.45, 2.75) is 43.6 Å². The highest BCUT2D eigenvalue weighted by Gasteiger charge is 2.29. The standard InChI is InChI=1S/C19H26N4O3S2/c1-13-4-6-15(7-5-13)11-20-18(24)14(2)27-19-22-21-17(23(19)3)10-16-8-9-28(25,26)12-16/h4-7,14,16H,8-12H2,1-3H3,(H,20,24)/t14-,16-/m1/s1. The van der Waals surface area contributed by atoms with Crippen molar-refractivity contribution in [2.75, 3.05) is 11.5 Å². The Morgan fingerprint density at radius 3 is 2.68 bits per heavy atom. The average Bonchev–Trinajstić information content (AvgIpc) is 3.17. The molecule has 152 valence electrons. The van der Waals surface area contributed by atoms with Gasteiger partial charge in [-0.25, -0.2) is 8.42 Å². The van der Waals surface area contributed by atoms with E-state index in [1.54, 1.807) is 0 Å². The molecular formula is C19H26N4O3S2. The van der Waals surface area contributed by atoms with E-state index in [1.807, 2.05) is 49.7 Å². The summed E-state index contributed by atoms with van der Waals surface area (Å²) < 4.78 is 25.1. The second-order valence-corrected chi connectivity index (χ2v) is 10.9. The van der Waals surface area contributed by atoms with Gasteiger partial charge in [0.05, 0.1) is 16.8 Å². The van der Waals surface area contributed by atoms with Gasteiger partial charge < -0.3 is 9.88 Å². The summed E-state index contributed by atoms with van der Waals surface area (Å²) in [5.74, 6) is 1.28. The van der Waals surface area contributed by atoms with Gasteiger partial charge in [0.15, 0.2) is 15.0 Å². The van der Waals surface area contributed by atoms with Crippen LogP contribution in [0.5, 0.6) is 0 Å². The van der Waals surface area contributed by atoms with Crippen LogP contribution in [0.4, 0.5) is 0 Å². The van der Waals surface area contributed by atoms with E-state index >= 15 is 0 Å². The summed E-state index contributed by atoms with van der Waals surface area (Å²) in [6.45, 7) is 4.36. The predicted molar refractivity (Wildman–Crippen MR) is 110 cm³/mol. The first-order valence-corrected chi connectivity index (χ1v) is 12.0. The molecule has 7 nitrogen and oxygen atoms in total. The van der Waals surface area contributed by atoms with Crippen LogP contribution in [-0.4, -0.2) is 45.8 Å². The quantitative estimate of drug-likeness (QED) is 0.685. The molecule has 0 aliphatic carbocycles. The minimum absolute atomic E-state index is 0.0583. The Kier molecular flexibility index (Phi) is 6.44. The molecule has 1 N–H and O–H groups in total. The third kappa shape index (κ3) is 5.35. The van der Waals surface area contributed by atoms with Crippen molar-refractivity contribution in [3.8, 4) is 0 Å². The predicted octanol–water partition coefficient (Wildman–Crippen LogP) is 1.90. The van der Waals surface area contributed by atoms with Crippen LogP contribution in [0.3, 0.4) is 0 Å². The van der Waals surface area contributed by atoms with Gasteiger partial charge in [-0.3, -0.25) is 4.79 Å². The lowest BCUT2D eigenvalue weighted by Gasteiger charge is -2.12. The number of carbonyl (C=O) groups is 1. The smallest absolute Gasteiger partial charge is 0.233 e. The molecule has 0 unspecified atom stereocenters. The normalized spacial score (nSPS) is 19.5. The van der Waals surface area contributed by atoms with Gasteiger partial charge in [-0.2, -0.15) is 0 Å². The molecule has 1 amide bonds. The van der Waals surface area contributed by atoms with Gasteiger partial charge in [-0.1, -0.05) is 41.6 Å². The number of sulfone groups is 1. The molecule has 2 heterocycles. The Morgan fingerprint density at radius 1 is 1.32 bits per heavy atom. The summed E-state index contributed by atoms with van der Waals surface area (Å²) in [6, 6.07) is 8.06. The van der Waals surface area contributed by atoms with Crippen molar-refractivity contribution < 1.29 is 13.2 Å². The first-order chi connectivity index (χ1) is 13.2. The number of hydrogen-bond acceptors (Lipinski definition) is 6. The van der Waals surface area contributed by atoms with E-state index in [1.165, 1.54) is 17.3 Å². The number of aryl methyl sites for hydroxylation is 1. The molecule has 1 aliphatic heterocycles. The van der Waals surface area contributed by atoms with Crippen molar-refractivity contribution in [3.63, 3.8) is 0 Å². The second-order valence-electron chi connectivity index (χ2n) is 7.39.